The Labute approximate surface area is 106 Å². The number of nitrogen functional groups attached to an aromatic ring is 1. The summed E-state index contributed by atoms with van der Waals surface area (Å²) in [6.07, 6.45) is 2.74. The highest BCUT2D eigenvalue weighted by molar-refractivity contribution is 6.32. The van der Waals surface area contributed by atoms with Crippen LogP contribution in [-0.4, -0.2) is 41.5 Å². The quantitative estimate of drug-likeness (QED) is 0.546. The van der Waals surface area contributed by atoms with E-state index < -0.39 is 0 Å². The molecule has 1 aliphatic heterocycles. The number of likely N-dealkylation sites (tertiary alicyclic amines) is 1. The van der Waals surface area contributed by atoms with Gasteiger partial charge in [-0.1, -0.05) is 11.6 Å². The lowest BCUT2D eigenvalue weighted by Gasteiger charge is -2.13. The van der Waals surface area contributed by atoms with Gasteiger partial charge in [0.2, 0.25) is 5.95 Å². The molecular formula is C10H17ClN6. The number of hydrogen-bond donors (Lipinski definition) is 3. The minimum atomic E-state index is 0.362. The van der Waals surface area contributed by atoms with E-state index in [1.807, 2.05) is 0 Å². The van der Waals surface area contributed by atoms with Crippen molar-refractivity contribution < 1.29 is 0 Å². The number of hydrazine groups is 1. The van der Waals surface area contributed by atoms with Crippen LogP contribution in [0.3, 0.4) is 0 Å². The van der Waals surface area contributed by atoms with Crippen LogP contribution in [0.15, 0.2) is 6.20 Å². The predicted molar refractivity (Wildman–Crippen MR) is 68.9 cm³/mol. The molecule has 0 aromatic carbocycles. The highest BCUT2D eigenvalue weighted by atomic mass is 35.5. The fourth-order valence-electron chi connectivity index (χ4n) is 1.99. The Morgan fingerprint density at radius 1 is 1.65 bits per heavy atom. The molecule has 1 saturated heterocycles. The Morgan fingerprint density at radius 2 is 2.47 bits per heavy atom. The summed E-state index contributed by atoms with van der Waals surface area (Å²) in [5.41, 5.74) is 2.40. The van der Waals surface area contributed by atoms with E-state index in [0.717, 1.165) is 19.6 Å². The molecule has 0 bridgehead atoms. The van der Waals surface area contributed by atoms with Crippen LogP contribution in [0.4, 0.5) is 11.8 Å². The third-order valence-corrected chi connectivity index (χ3v) is 3.20. The van der Waals surface area contributed by atoms with E-state index >= 15 is 0 Å². The van der Waals surface area contributed by atoms with Gasteiger partial charge in [0, 0.05) is 13.1 Å². The summed E-state index contributed by atoms with van der Waals surface area (Å²) in [4.78, 5) is 10.4. The van der Waals surface area contributed by atoms with Gasteiger partial charge in [-0.3, -0.25) is 5.43 Å². The van der Waals surface area contributed by atoms with Crippen molar-refractivity contribution in [3.8, 4) is 0 Å². The average Bonchev–Trinajstić information content (AvgIpc) is 2.74. The molecular weight excluding hydrogens is 240 g/mol. The zero-order valence-corrected chi connectivity index (χ0v) is 10.5. The molecule has 17 heavy (non-hydrogen) atoms. The van der Waals surface area contributed by atoms with Crippen molar-refractivity contribution in [3.05, 3.63) is 11.2 Å². The number of nitrogens with zero attached hydrogens (tertiary/aromatic N) is 3. The van der Waals surface area contributed by atoms with Crippen molar-refractivity contribution in [3.63, 3.8) is 0 Å². The van der Waals surface area contributed by atoms with Crippen LogP contribution in [0, 0.1) is 5.92 Å². The number of aromatic nitrogens is 2. The topological polar surface area (TPSA) is 79.1 Å². The van der Waals surface area contributed by atoms with Gasteiger partial charge in [-0.05, 0) is 25.9 Å². The Hall–Kier alpha value is -1.11. The number of rotatable bonds is 4. The first-order valence-corrected chi connectivity index (χ1v) is 5.98. The molecule has 94 valence electrons. The summed E-state index contributed by atoms with van der Waals surface area (Å²) in [7, 11) is 2.13. The van der Waals surface area contributed by atoms with Crippen molar-refractivity contribution in [1.29, 1.82) is 0 Å². The Kier molecular flexibility index (Phi) is 3.98. The van der Waals surface area contributed by atoms with Crippen molar-refractivity contribution in [2.75, 3.05) is 37.4 Å². The van der Waals surface area contributed by atoms with Crippen LogP contribution in [0.2, 0.25) is 5.02 Å². The first-order chi connectivity index (χ1) is 8.19. The second-order valence-electron chi connectivity index (χ2n) is 4.33. The monoisotopic (exact) mass is 256 g/mol. The van der Waals surface area contributed by atoms with Crippen LogP contribution in [0.25, 0.3) is 0 Å². The molecule has 4 N–H and O–H groups in total. The molecule has 0 aliphatic carbocycles. The first kappa shape index (κ1) is 12.3. The Morgan fingerprint density at radius 3 is 3.12 bits per heavy atom. The molecule has 2 heterocycles. The maximum Gasteiger partial charge on any atom is 0.239 e. The lowest BCUT2D eigenvalue weighted by Crippen LogP contribution is -2.20. The second-order valence-corrected chi connectivity index (χ2v) is 4.74. The molecule has 0 spiro atoms. The number of halogens is 1. The third kappa shape index (κ3) is 3.18. The molecule has 1 aromatic heterocycles. The maximum atomic E-state index is 6.00. The summed E-state index contributed by atoms with van der Waals surface area (Å²) in [6, 6.07) is 0. The van der Waals surface area contributed by atoms with Crippen molar-refractivity contribution in [2.24, 2.45) is 11.8 Å². The summed E-state index contributed by atoms with van der Waals surface area (Å²) in [6.45, 7) is 3.13. The summed E-state index contributed by atoms with van der Waals surface area (Å²) in [5.74, 6) is 6.88. The molecule has 1 aliphatic rings. The SMILES string of the molecule is CN1CCC(CNc2nc(NN)ncc2Cl)C1. The molecule has 2 rings (SSSR count). The van der Waals surface area contributed by atoms with Gasteiger partial charge in [0.1, 0.15) is 5.02 Å². The van der Waals surface area contributed by atoms with E-state index in [-0.39, 0.29) is 0 Å². The summed E-state index contributed by atoms with van der Waals surface area (Å²) < 4.78 is 0. The van der Waals surface area contributed by atoms with E-state index in [2.05, 4.69) is 32.7 Å². The van der Waals surface area contributed by atoms with Crippen LogP contribution in [-0.2, 0) is 0 Å². The highest BCUT2D eigenvalue weighted by Gasteiger charge is 2.19. The zero-order chi connectivity index (χ0) is 12.3. The minimum Gasteiger partial charge on any atom is -0.368 e. The molecule has 1 atom stereocenters. The second kappa shape index (κ2) is 5.48. The van der Waals surface area contributed by atoms with Crippen molar-refractivity contribution in [2.45, 2.75) is 6.42 Å². The molecule has 7 heteroatoms. The molecule has 6 nitrogen and oxygen atoms in total. The maximum absolute atomic E-state index is 6.00. The van der Waals surface area contributed by atoms with Crippen LogP contribution < -0.4 is 16.6 Å². The Bertz CT molecular complexity index is 385. The lowest BCUT2D eigenvalue weighted by atomic mass is 10.1. The van der Waals surface area contributed by atoms with Gasteiger partial charge in [0.05, 0.1) is 6.20 Å². The van der Waals surface area contributed by atoms with E-state index in [1.165, 1.54) is 12.6 Å². The molecule has 1 fully saturated rings. The molecule has 0 saturated carbocycles. The fraction of sp³-hybridized carbons (Fsp3) is 0.600. The first-order valence-electron chi connectivity index (χ1n) is 5.60. The smallest absolute Gasteiger partial charge is 0.239 e. The summed E-state index contributed by atoms with van der Waals surface area (Å²) >= 11 is 6.00. The normalized spacial score (nSPS) is 20.5. The van der Waals surface area contributed by atoms with E-state index in [4.69, 9.17) is 17.4 Å². The molecule has 1 aromatic rings. The fourth-order valence-corrected chi connectivity index (χ4v) is 2.15. The van der Waals surface area contributed by atoms with Gasteiger partial charge in [-0.15, -0.1) is 0 Å². The lowest BCUT2D eigenvalue weighted by molar-refractivity contribution is 0.399. The predicted octanol–water partition coefficient (Wildman–Crippen LogP) is 0.779. The van der Waals surface area contributed by atoms with Gasteiger partial charge in [0.15, 0.2) is 5.82 Å². The Balaban J connectivity index is 1.94. The largest absolute Gasteiger partial charge is 0.368 e. The van der Waals surface area contributed by atoms with Crippen LogP contribution in [0.5, 0.6) is 0 Å². The van der Waals surface area contributed by atoms with E-state index in [0.29, 0.717) is 22.7 Å². The van der Waals surface area contributed by atoms with Crippen LogP contribution >= 0.6 is 11.6 Å². The molecule has 1 unspecified atom stereocenters. The van der Waals surface area contributed by atoms with Crippen molar-refractivity contribution in [1.82, 2.24) is 14.9 Å². The third-order valence-electron chi connectivity index (χ3n) is 2.92. The van der Waals surface area contributed by atoms with Gasteiger partial charge in [-0.25, -0.2) is 10.8 Å². The number of nitrogens with two attached hydrogens (primary N) is 1. The standard InChI is InChI=1S/C10H17ClN6/c1-17-3-2-7(6-17)4-13-9-8(11)5-14-10(15-9)16-12/h5,7H,2-4,6,12H2,1H3,(H2,13,14,15,16). The molecule has 0 amide bonds. The van der Waals surface area contributed by atoms with E-state index in [9.17, 15) is 0 Å². The van der Waals surface area contributed by atoms with E-state index in [1.54, 1.807) is 0 Å². The summed E-state index contributed by atoms with van der Waals surface area (Å²) in [5, 5.41) is 3.75. The van der Waals surface area contributed by atoms with Gasteiger partial charge in [0.25, 0.3) is 0 Å². The van der Waals surface area contributed by atoms with Crippen molar-refractivity contribution >= 4 is 23.4 Å². The molecule has 0 radical (unpaired) electrons. The minimum absolute atomic E-state index is 0.362. The van der Waals surface area contributed by atoms with Gasteiger partial charge >= 0.3 is 0 Å². The number of anilines is 2. The average molecular weight is 257 g/mol. The highest BCUT2D eigenvalue weighted by Crippen LogP contribution is 2.21. The van der Waals surface area contributed by atoms with Gasteiger partial charge in [-0.2, -0.15) is 4.98 Å². The van der Waals surface area contributed by atoms with Crippen LogP contribution in [0.1, 0.15) is 6.42 Å². The number of hydrogen-bond acceptors (Lipinski definition) is 6. The van der Waals surface area contributed by atoms with Gasteiger partial charge < -0.3 is 10.2 Å². The zero-order valence-electron chi connectivity index (χ0n) is 9.78. The number of nitrogens with one attached hydrogen (secondary N) is 2.